The molecule has 1 heterocycles. The van der Waals surface area contributed by atoms with Crippen molar-refractivity contribution in [2.45, 2.75) is 20.3 Å². The van der Waals surface area contributed by atoms with Crippen LogP contribution >= 0.6 is 11.3 Å². The summed E-state index contributed by atoms with van der Waals surface area (Å²) in [5, 5.41) is 9.39. The lowest BCUT2D eigenvalue weighted by Crippen LogP contribution is -2.04. The molecule has 0 bridgehead atoms. The first kappa shape index (κ1) is 13.4. The summed E-state index contributed by atoms with van der Waals surface area (Å²) in [6.45, 7) is 3.69. The Morgan fingerprint density at radius 1 is 1.59 bits per heavy atom. The number of hydrogen-bond acceptors (Lipinski definition) is 7. The van der Waals surface area contributed by atoms with Crippen molar-refractivity contribution in [1.29, 1.82) is 0 Å². The molecule has 0 N–H and O–H groups in total. The molecule has 0 atom stereocenters. The molecule has 0 aliphatic rings. The summed E-state index contributed by atoms with van der Waals surface area (Å²) >= 11 is 1.17. The first-order valence-electron chi connectivity index (χ1n) is 4.95. The lowest BCUT2D eigenvalue weighted by molar-refractivity contribution is -0.757. The summed E-state index contributed by atoms with van der Waals surface area (Å²) in [5.41, 5.74) is 0.671. The zero-order chi connectivity index (χ0) is 12.8. The molecular weight excluding hydrogens is 248 g/mol. The summed E-state index contributed by atoms with van der Waals surface area (Å²) in [6.07, 6.45) is 0.351. The molecule has 94 valence electrons. The molecule has 0 spiro atoms. The van der Waals surface area contributed by atoms with Crippen LogP contribution in [0.3, 0.4) is 0 Å². The van der Waals surface area contributed by atoms with Gasteiger partial charge in [0.25, 0.3) is 5.09 Å². The average Bonchev–Trinajstić information content (AvgIpc) is 2.60. The van der Waals surface area contributed by atoms with Gasteiger partial charge in [0.05, 0.1) is 12.3 Å². The van der Waals surface area contributed by atoms with Crippen LogP contribution in [0.2, 0.25) is 0 Å². The van der Waals surface area contributed by atoms with Crippen LogP contribution in [-0.2, 0) is 16.0 Å². The van der Waals surface area contributed by atoms with Gasteiger partial charge in [0, 0.05) is 11.3 Å². The number of carbonyl (C=O) groups excluding carboxylic acids is 1. The third kappa shape index (κ3) is 3.99. The lowest BCUT2D eigenvalue weighted by atomic mass is 10.3. The number of thiazole rings is 1. The molecule has 0 aliphatic carbocycles. The fourth-order valence-electron chi connectivity index (χ4n) is 1.15. The van der Waals surface area contributed by atoms with Crippen LogP contribution in [0.1, 0.15) is 27.3 Å². The number of rotatable bonds is 6. The van der Waals surface area contributed by atoms with Crippen LogP contribution in [0.15, 0.2) is 0 Å². The minimum atomic E-state index is -0.845. The first-order valence-corrected chi connectivity index (χ1v) is 5.77. The molecule has 0 fully saturated rings. The van der Waals surface area contributed by atoms with Crippen molar-refractivity contribution in [1.82, 2.24) is 4.98 Å². The van der Waals surface area contributed by atoms with E-state index >= 15 is 0 Å². The molecule has 7 nitrogen and oxygen atoms in total. The molecule has 0 saturated carbocycles. The highest BCUT2D eigenvalue weighted by Gasteiger charge is 2.15. The topological polar surface area (TPSA) is 91.6 Å². The Balaban J connectivity index is 2.61. The molecule has 0 unspecified atom stereocenters. The third-order valence-electron chi connectivity index (χ3n) is 1.87. The monoisotopic (exact) mass is 260 g/mol. The van der Waals surface area contributed by atoms with Gasteiger partial charge < -0.3 is 9.57 Å². The Morgan fingerprint density at radius 3 is 2.88 bits per heavy atom. The Kier molecular flexibility index (Phi) is 4.83. The number of esters is 1. The Bertz CT molecular complexity index is 418. The second-order valence-corrected chi connectivity index (χ2v) is 4.14. The van der Waals surface area contributed by atoms with E-state index in [0.29, 0.717) is 12.1 Å². The van der Waals surface area contributed by atoms with E-state index in [4.69, 9.17) is 4.74 Å². The second-order valence-electron chi connectivity index (χ2n) is 3.05. The molecule has 17 heavy (non-hydrogen) atoms. The third-order valence-corrected chi connectivity index (χ3v) is 3.07. The number of nitrogens with zero attached hydrogens (tertiary/aromatic N) is 2. The van der Waals surface area contributed by atoms with Crippen molar-refractivity contribution in [2.75, 3.05) is 13.2 Å². The molecule has 0 aliphatic heterocycles. The molecule has 1 aromatic rings. The predicted octanol–water partition coefficient (Wildman–Crippen LogP) is 1.38. The maximum Gasteiger partial charge on any atom is 0.367 e. The summed E-state index contributed by atoms with van der Waals surface area (Å²) in [7, 11) is 0. The molecule has 8 heteroatoms. The Hall–Kier alpha value is -1.70. The van der Waals surface area contributed by atoms with E-state index in [9.17, 15) is 14.9 Å². The van der Waals surface area contributed by atoms with Gasteiger partial charge in [-0.2, -0.15) is 0 Å². The van der Waals surface area contributed by atoms with Gasteiger partial charge in [0.1, 0.15) is 6.61 Å². The van der Waals surface area contributed by atoms with Gasteiger partial charge in [0.2, 0.25) is 5.01 Å². The van der Waals surface area contributed by atoms with Crippen LogP contribution in [0.4, 0.5) is 0 Å². The highest BCUT2D eigenvalue weighted by atomic mass is 32.1. The Morgan fingerprint density at radius 2 is 2.29 bits per heavy atom. The van der Waals surface area contributed by atoms with Crippen molar-refractivity contribution < 1.29 is 19.5 Å². The number of carbonyl (C=O) groups is 1. The lowest BCUT2D eigenvalue weighted by Gasteiger charge is -1.96. The van der Waals surface area contributed by atoms with Gasteiger partial charge in [-0.25, -0.2) is 9.78 Å². The Labute approximate surface area is 101 Å². The van der Waals surface area contributed by atoms with E-state index in [-0.39, 0.29) is 18.2 Å². The zero-order valence-corrected chi connectivity index (χ0v) is 10.3. The molecule has 0 saturated heterocycles. The normalized spacial score (nSPS) is 10.0. The van der Waals surface area contributed by atoms with Crippen molar-refractivity contribution in [3.8, 4) is 0 Å². The van der Waals surface area contributed by atoms with E-state index in [1.165, 1.54) is 11.3 Å². The van der Waals surface area contributed by atoms with Crippen LogP contribution in [0.25, 0.3) is 0 Å². The van der Waals surface area contributed by atoms with Crippen molar-refractivity contribution in [3.63, 3.8) is 0 Å². The van der Waals surface area contributed by atoms with Gasteiger partial charge in [-0.1, -0.05) is 0 Å². The number of ether oxygens (including phenoxy) is 1. The van der Waals surface area contributed by atoms with Gasteiger partial charge in [-0.3, -0.25) is 0 Å². The summed E-state index contributed by atoms with van der Waals surface area (Å²) in [4.78, 5) is 30.4. The van der Waals surface area contributed by atoms with Crippen LogP contribution in [0.5, 0.6) is 0 Å². The minimum Gasteiger partial charge on any atom is -0.461 e. The smallest absolute Gasteiger partial charge is 0.367 e. The molecule has 0 amide bonds. The fraction of sp³-hybridized carbons (Fsp3) is 0.556. The summed E-state index contributed by atoms with van der Waals surface area (Å²) in [6, 6.07) is 0. The molecule has 1 aromatic heterocycles. The minimum absolute atomic E-state index is 0.0434. The number of aryl methyl sites for hydroxylation is 1. The second kappa shape index (κ2) is 6.14. The standard InChI is InChI=1S/C9H12N2O5S/c1-3-15-9(12)8-10-6(2)7(17-8)4-5-16-11(13)14/h3-5H2,1-2H3. The number of hydrogen-bond donors (Lipinski definition) is 0. The van der Waals surface area contributed by atoms with Crippen LogP contribution in [-0.4, -0.2) is 29.3 Å². The van der Waals surface area contributed by atoms with Crippen LogP contribution in [0, 0.1) is 17.0 Å². The van der Waals surface area contributed by atoms with Crippen molar-refractivity contribution in [3.05, 3.63) is 25.7 Å². The SMILES string of the molecule is CCOC(=O)c1nc(C)c(CCO[N+](=O)[O-])s1. The van der Waals surface area contributed by atoms with Gasteiger partial charge in [-0.15, -0.1) is 21.5 Å². The van der Waals surface area contributed by atoms with Crippen molar-refractivity contribution in [2.24, 2.45) is 0 Å². The number of aromatic nitrogens is 1. The molecular formula is C9H12N2O5S. The van der Waals surface area contributed by atoms with Crippen LogP contribution < -0.4 is 0 Å². The van der Waals surface area contributed by atoms with Gasteiger partial charge >= 0.3 is 5.97 Å². The van der Waals surface area contributed by atoms with Gasteiger partial charge in [0.15, 0.2) is 0 Å². The van der Waals surface area contributed by atoms with E-state index in [2.05, 4.69) is 9.82 Å². The summed E-state index contributed by atoms with van der Waals surface area (Å²) < 4.78 is 4.81. The molecule has 0 aromatic carbocycles. The zero-order valence-electron chi connectivity index (χ0n) is 9.47. The average molecular weight is 260 g/mol. The fourth-order valence-corrected chi connectivity index (χ4v) is 2.09. The largest absolute Gasteiger partial charge is 0.461 e. The van der Waals surface area contributed by atoms with Gasteiger partial charge in [-0.05, 0) is 13.8 Å². The quantitative estimate of drug-likeness (QED) is 0.436. The molecule has 1 rings (SSSR count). The highest BCUT2D eigenvalue weighted by molar-refractivity contribution is 7.13. The first-order chi connectivity index (χ1) is 8.04. The highest BCUT2D eigenvalue weighted by Crippen LogP contribution is 2.19. The van der Waals surface area contributed by atoms with E-state index in [1.54, 1.807) is 13.8 Å². The predicted molar refractivity (Wildman–Crippen MR) is 59.5 cm³/mol. The van der Waals surface area contributed by atoms with Crippen molar-refractivity contribution >= 4 is 17.3 Å². The maximum atomic E-state index is 11.4. The molecule has 0 radical (unpaired) electrons. The van der Waals surface area contributed by atoms with E-state index in [1.807, 2.05) is 0 Å². The summed E-state index contributed by atoms with van der Waals surface area (Å²) in [5.74, 6) is -0.470. The maximum absolute atomic E-state index is 11.4. The van der Waals surface area contributed by atoms with E-state index in [0.717, 1.165) is 4.88 Å². The van der Waals surface area contributed by atoms with E-state index < -0.39 is 11.1 Å².